The summed E-state index contributed by atoms with van der Waals surface area (Å²) in [6.07, 6.45) is 6.66. The van der Waals surface area contributed by atoms with E-state index in [0.29, 0.717) is 0 Å². The van der Waals surface area contributed by atoms with E-state index in [0.717, 1.165) is 37.7 Å². The van der Waals surface area contributed by atoms with E-state index in [1.807, 2.05) is 0 Å². The van der Waals surface area contributed by atoms with E-state index in [1.165, 1.54) is 25.7 Å². The van der Waals surface area contributed by atoms with Gasteiger partial charge in [0.05, 0.1) is 0 Å². The summed E-state index contributed by atoms with van der Waals surface area (Å²) in [4.78, 5) is 2.59. The molecule has 0 spiro atoms. The summed E-state index contributed by atoms with van der Waals surface area (Å²) < 4.78 is 5.05. The van der Waals surface area contributed by atoms with Crippen LogP contribution in [0.1, 0.15) is 32.1 Å². The molecular weight excluding hydrogens is 188 g/mol. The fourth-order valence-electron chi connectivity index (χ4n) is 3.10. The Hall–Kier alpha value is -0.120. The van der Waals surface area contributed by atoms with Gasteiger partial charge in [0, 0.05) is 31.8 Å². The largest absolute Gasteiger partial charge is 0.385 e. The van der Waals surface area contributed by atoms with Crippen molar-refractivity contribution in [3.05, 3.63) is 0 Å². The van der Waals surface area contributed by atoms with E-state index in [2.05, 4.69) is 17.3 Å². The average Bonchev–Trinajstić information content (AvgIpc) is 2.50. The lowest BCUT2D eigenvalue weighted by atomic mass is 9.98. The van der Waals surface area contributed by atoms with Crippen molar-refractivity contribution in [2.45, 2.75) is 50.2 Å². The molecule has 88 valence electrons. The van der Waals surface area contributed by atoms with Gasteiger partial charge in [-0.25, -0.2) is 0 Å². The summed E-state index contributed by atoms with van der Waals surface area (Å²) in [5.74, 6) is 0. The standard InChI is InChI=1S/C12H24N2O/c1-14-11-4-5-12(14)9-10(8-11)13-6-3-7-15-2/h10-13H,3-9H2,1-2H3. The van der Waals surface area contributed by atoms with Crippen molar-refractivity contribution in [1.82, 2.24) is 10.2 Å². The maximum absolute atomic E-state index is 5.05. The second-order valence-corrected chi connectivity index (χ2v) is 5.02. The molecule has 0 aliphatic carbocycles. The lowest BCUT2D eigenvalue weighted by molar-refractivity contribution is 0.145. The summed E-state index contributed by atoms with van der Waals surface area (Å²) in [5, 5.41) is 3.67. The molecule has 2 saturated heterocycles. The zero-order valence-corrected chi connectivity index (χ0v) is 10.0. The SMILES string of the molecule is COCCCNC1CC2CCC(C1)N2C. The van der Waals surface area contributed by atoms with E-state index < -0.39 is 0 Å². The summed E-state index contributed by atoms with van der Waals surface area (Å²) in [7, 11) is 4.07. The predicted molar refractivity (Wildman–Crippen MR) is 62.1 cm³/mol. The van der Waals surface area contributed by atoms with Crippen LogP contribution >= 0.6 is 0 Å². The Morgan fingerprint density at radius 1 is 1.27 bits per heavy atom. The van der Waals surface area contributed by atoms with E-state index in [4.69, 9.17) is 4.74 Å². The highest BCUT2D eigenvalue weighted by molar-refractivity contribution is 4.95. The molecule has 2 atom stereocenters. The second-order valence-electron chi connectivity index (χ2n) is 5.02. The van der Waals surface area contributed by atoms with Crippen LogP contribution in [0.4, 0.5) is 0 Å². The molecule has 0 aromatic heterocycles. The molecule has 2 fully saturated rings. The Morgan fingerprint density at radius 2 is 1.93 bits per heavy atom. The summed E-state index contributed by atoms with van der Waals surface area (Å²) in [6, 6.07) is 2.46. The van der Waals surface area contributed by atoms with Crippen LogP contribution in [-0.2, 0) is 4.74 Å². The number of rotatable bonds is 5. The van der Waals surface area contributed by atoms with Crippen LogP contribution in [0.25, 0.3) is 0 Å². The van der Waals surface area contributed by atoms with Gasteiger partial charge in [0.15, 0.2) is 0 Å². The maximum Gasteiger partial charge on any atom is 0.0474 e. The normalized spacial score (nSPS) is 36.0. The van der Waals surface area contributed by atoms with Crippen LogP contribution in [0.3, 0.4) is 0 Å². The van der Waals surface area contributed by atoms with Crippen LogP contribution < -0.4 is 5.32 Å². The van der Waals surface area contributed by atoms with Crippen molar-refractivity contribution < 1.29 is 4.74 Å². The van der Waals surface area contributed by atoms with E-state index in [9.17, 15) is 0 Å². The zero-order chi connectivity index (χ0) is 10.7. The molecule has 2 rings (SSSR count). The third kappa shape index (κ3) is 2.71. The topological polar surface area (TPSA) is 24.5 Å². The van der Waals surface area contributed by atoms with E-state index in [-0.39, 0.29) is 0 Å². The minimum Gasteiger partial charge on any atom is -0.385 e. The van der Waals surface area contributed by atoms with Gasteiger partial charge in [0.2, 0.25) is 0 Å². The van der Waals surface area contributed by atoms with Gasteiger partial charge in [-0.3, -0.25) is 0 Å². The van der Waals surface area contributed by atoms with Crippen LogP contribution in [-0.4, -0.2) is 50.3 Å². The molecule has 2 bridgehead atoms. The van der Waals surface area contributed by atoms with Gasteiger partial charge in [-0.1, -0.05) is 0 Å². The minimum atomic E-state index is 0.760. The van der Waals surface area contributed by atoms with Crippen LogP contribution in [0.15, 0.2) is 0 Å². The molecule has 2 unspecified atom stereocenters. The molecule has 3 nitrogen and oxygen atoms in total. The fraction of sp³-hybridized carbons (Fsp3) is 1.00. The highest BCUT2D eigenvalue weighted by Gasteiger charge is 2.37. The highest BCUT2D eigenvalue weighted by atomic mass is 16.5. The first kappa shape index (κ1) is 11.4. The van der Waals surface area contributed by atoms with Gasteiger partial charge in [0.1, 0.15) is 0 Å². The van der Waals surface area contributed by atoms with Crippen LogP contribution in [0.5, 0.6) is 0 Å². The monoisotopic (exact) mass is 212 g/mol. The zero-order valence-electron chi connectivity index (χ0n) is 10.0. The van der Waals surface area contributed by atoms with Gasteiger partial charge in [0.25, 0.3) is 0 Å². The third-order valence-electron chi connectivity index (χ3n) is 4.06. The smallest absolute Gasteiger partial charge is 0.0474 e. The van der Waals surface area contributed by atoms with Gasteiger partial charge in [-0.2, -0.15) is 0 Å². The Bertz CT molecular complexity index is 184. The van der Waals surface area contributed by atoms with Gasteiger partial charge < -0.3 is 15.0 Å². The number of piperidine rings is 1. The second kappa shape index (κ2) is 5.28. The van der Waals surface area contributed by atoms with Crippen molar-refractivity contribution >= 4 is 0 Å². The lowest BCUT2D eigenvalue weighted by Crippen LogP contribution is -2.47. The van der Waals surface area contributed by atoms with Crippen molar-refractivity contribution in [2.24, 2.45) is 0 Å². The molecular formula is C12H24N2O. The first-order valence-electron chi connectivity index (χ1n) is 6.25. The number of methoxy groups -OCH3 is 1. The Labute approximate surface area is 93.2 Å². The first-order valence-corrected chi connectivity index (χ1v) is 6.25. The fourth-order valence-corrected chi connectivity index (χ4v) is 3.10. The maximum atomic E-state index is 5.05. The third-order valence-corrected chi connectivity index (χ3v) is 4.06. The summed E-state index contributed by atoms with van der Waals surface area (Å²) in [5.41, 5.74) is 0. The van der Waals surface area contributed by atoms with Crippen molar-refractivity contribution in [2.75, 3.05) is 27.3 Å². The van der Waals surface area contributed by atoms with E-state index in [1.54, 1.807) is 7.11 Å². The molecule has 0 amide bonds. The summed E-state index contributed by atoms with van der Waals surface area (Å²) in [6.45, 7) is 1.99. The summed E-state index contributed by atoms with van der Waals surface area (Å²) >= 11 is 0. The van der Waals surface area contributed by atoms with Crippen LogP contribution in [0.2, 0.25) is 0 Å². The van der Waals surface area contributed by atoms with Gasteiger partial charge in [-0.05, 0) is 45.7 Å². The number of nitrogens with zero attached hydrogens (tertiary/aromatic N) is 1. The number of ether oxygens (including phenoxy) is 1. The number of nitrogens with one attached hydrogen (secondary N) is 1. The van der Waals surface area contributed by atoms with Crippen molar-refractivity contribution in [1.29, 1.82) is 0 Å². The highest BCUT2D eigenvalue weighted by Crippen LogP contribution is 2.33. The molecule has 0 aromatic carbocycles. The van der Waals surface area contributed by atoms with Gasteiger partial charge >= 0.3 is 0 Å². The number of hydrogen-bond donors (Lipinski definition) is 1. The molecule has 3 heteroatoms. The van der Waals surface area contributed by atoms with Crippen molar-refractivity contribution in [3.8, 4) is 0 Å². The Balaban J connectivity index is 1.68. The van der Waals surface area contributed by atoms with Crippen molar-refractivity contribution in [3.63, 3.8) is 0 Å². The quantitative estimate of drug-likeness (QED) is 0.694. The van der Waals surface area contributed by atoms with Gasteiger partial charge in [-0.15, -0.1) is 0 Å². The Morgan fingerprint density at radius 3 is 2.53 bits per heavy atom. The Kier molecular flexibility index (Phi) is 4.00. The first-order chi connectivity index (χ1) is 7.31. The molecule has 2 aliphatic rings. The van der Waals surface area contributed by atoms with Crippen LogP contribution in [0, 0.1) is 0 Å². The molecule has 2 aliphatic heterocycles. The average molecular weight is 212 g/mol. The number of fused-ring (bicyclic) bond motifs is 2. The minimum absolute atomic E-state index is 0.760. The van der Waals surface area contributed by atoms with E-state index >= 15 is 0 Å². The molecule has 1 N–H and O–H groups in total. The number of hydrogen-bond acceptors (Lipinski definition) is 3. The molecule has 0 aromatic rings. The molecule has 0 saturated carbocycles. The molecule has 0 radical (unpaired) electrons. The predicted octanol–water partition coefficient (Wildman–Crippen LogP) is 1.24. The molecule has 15 heavy (non-hydrogen) atoms. The lowest BCUT2D eigenvalue weighted by Gasteiger charge is -2.36. The molecule has 2 heterocycles.